The molecular formula is C82H45N3O3. The lowest BCUT2D eigenvalue weighted by molar-refractivity contribution is 0.672. The molecule has 406 valence electrons. The topological polar surface area (TPSA) is 54.2 Å². The molecule has 21 rings (SSSR count). The summed E-state index contributed by atoms with van der Waals surface area (Å²) in [6.45, 7) is 0. The Kier molecular flexibility index (Phi) is 8.95. The maximum atomic E-state index is 7.29. The first kappa shape index (κ1) is 46.5. The molecule has 0 unspecified atom stereocenters. The Morgan fingerprint density at radius 1 is 0.205 bits per heavy atom. The Balaban J connectivity index is 0.683. The van der Waals surface area contributed by atoms with Gasteiger partial charge in [0.25, 0.3) is 0 Å². The lowest BCUT2D eigenvalue weighted by atomic mass is 9.99. The Bertz CT molecular complexity index is 6480. The molecule has 6 heteroatoms. The van der Waals surface area contributed by atoms with Gasteiger partial charge in [0.1, 0.15) is 33.5 Å². The van der Waals surface area contributed by atoms with Gasteiger partial charge in [-0.05, 0) is 147 Å². The third-order valence-corrected chi connectivity index (χ3v) is 19.4. The predicted octanol–water partition coefficient (Wildman–Crippen LogP) is 22.8. The monoisotopic (exact) mass is 1120 g/mol. The molecule has 20 aromatic rings. The van der Waals surface area contributed by atoms with Crippen molar-refractivity contribution >= 4 is 142 Å². The van der Waals surface area contributed by atoms with Gasteiger partial charge in [-0.2, -0.15) is 0 Å². The first-order chi connectivity index (χ1) is 43.7. The quantitative estimate of drug-likeness (QED) is 0.173. The summed E-state index contributed by atoms with van der Waals surface area (Å²) >= 11 is 0. The highest BCUT2D eigenvalue weighted by molar-refractivity contribution is 6.28. The molecule has 1 aliphatic rings. The average Bonchev–Trinajstić information content (AvgIpc) is 1.79. The largest absolute Gasteiger partial charge is 0.455 e. The minimum atomic E-state index is 0.841. The molecule has 0 N–H and O–H groups in total. The molecule has 6 nitrogen and oxygen atoms in total. The van der Waals surface area contributed by atoms with Gasteiger partial charge in [0, 0.05) is 70.8 Å². The van der Waals surface area contributed by atoms with Crippen molar-refractivity contribution in [3.05, 3.63) is 273 Å². The Morgan fingerprint density at radius 3 is 1.28 bits per heavy atom. The normalized spacial score (nSPS) is 12.5. The average molecular weight is 1120 g/mol. The van der Waals surface area contributed by atoms with Gasteiger partial charge < -0.3 is 27.0 Å². The zero-order valence-corrected chi connectivity index (χ0v) is 47.0. The van der Waals surface area contributed by atoms with Gasteiger partial charge in [-0.3, -0.25) is 0 Å². The van der Waals surface area contributed by atoms with Gasteiger partial charge in [0.2, 0.25) is 0 Å². The van der Waals surface area contributed by atoms with E-state index in [1.807, 2.05) is 6.07 Å². The summed E-state index contributed by atoms with van der Waals surface area (Å²) in [4.78, 5) is 0. The third-order valence-electron chi connectivity index (χ3n) is 19.4. The summed E-state index contributed by atoms with van der Waals surface area (Å²) in [6.07, 6.45) is 0. The molecule has 0 bridgehead atoms. The standard InChI is InChI=1S/C82H45N3O3/c1-2-20-53-52(19-1)55-26-14-28-61-69(38-34-56(53)75(55)61)85-68-31-9-5-24-64(68)78-72(85)41-36-59-57-27-13-25-51(79(57)88-82(59)78)48-33-42-74-65(45-48)60-37-40-71-77(81(60)87-74)63-23-4-8-30-67(63)84(71)50-18-12-16-47(44-50)46-15-11-17-49(43-46)83-66-29-7-3-22-62(66)76-70(83)39-35-58-54-21-6-10-32-73(54)86-80(58)76/h1-45H. The van der Waals surface area contributed by atoms with Crippen LogP contribution in [0.2, 0.25) is 0 Å². The number of aromatic nitrogens is 3. The van der Waals surface area contributed by atoms with Crippen LogP contribution in [0.3, 0.4) is 0 Å². The fraction of sp³-hybridized carbons (Fsp3) is 0. The van der Waals surface area contributed by atoms with Crippen molar-refractivity contribution in [1.82, 2.24) is 13.7 Å². The molecular weight excluding hydrogens is 1070 g/mol. The summed E-state index contributed by atoms with van der Waals surface area (Å²) in [7, 11) is 0. The van der Waals surface area contributed by atoms with Gasteiger partial charge in [-0.25, -0.2) is 0 Å². The van der Waals surface area contributed by atoms with Crippen molar-refractivity contribution in [2.24, 2.45) is 0 Å². The molecule has 1 aliphatic carbocycles. The van der Waals surface area contributed by atoms with Crippen LogP contribution in [0.5, 0.6) is 0 Å². The van der Waals surface area contributed by atoms with Gasteiger partial charge >= 0.3 is 0 Å². The van der Waals surface area contributed by atoms with E-state index in [0.29, 0.717) is 0 Å². The number of hydrogen-bond donors (Lipinski definition) is 0. The third kappa shape index (κ3) is 6.05. The first-order valence-electron chi connectivity index (χ1n) is 30.1. The van der Waals surface area contributed by atoms with Gasteiger partial charge in [0.15, 0.2) is 0 Å². The summed E-state index contributed by atoms with van der Waals surface area (Å²) in [5, 5.41) is 15.9. The minimum absolute atomic E-state index is 0.841. The van der Waals surface area contributed by atoms with E-state index in [9.17, 15) is 0 Å². The van der Waals surface area contributed by atoms with E-state index in [4.69, 9.17) is 13.3 Å². The lowest BCUT2D eigenvalue weighted by Gasteiger charge is -2.13. The fourth-order valence-corrected chi connectivity index (χ4v) is 15.7. The van der Waals surface area contributed by atoms with Crippen LogP contribution in [-0.4, -0.2) is 13.7 Å². The Morgan fingerprint density at radius 2 is 0.648 bits per heavy atom. The predicted molar refractivity (Wildman–Crippen MR) is 364 cm³/mol. The van der Waals surface area contributed by atoms with Crippen molar-refractivity contribution in [1.29, 1.82) is 0 Å². The molecule has 6 aromatic heterocycles. The maximum Gasteiger partial charge on any atom is 0.145 e. The van der Waals surface area contributed by atoms with E-state index in [0.717, 1.165) is 165 Å². The van der Waals surface area contributed by atoms with E-state index in [-0.39, 0.29) is 0 Å². The maximum absolute atomic E-state index is 7.29. The molecule has 0 fully saturated rings. The zero-order valence-electron chi connectivity index (χ0n) is 47.0. The smallest absolute Gasteiger partial charge is 0.145 e. The number of furan rings is 3. The summed E-state index contributed by atoms with van der Waals surface area (Å²) in [6, 6.07) is 99.2. The number of hydrogen-bond acceptors (Lipinski definition) is 3. The van der Waals surface area contributed by atoms with Gasteiger partial charge in [-0.1, -0.05) is 170 Å². The van der Waals surface area contributed by atoms with Crippen molar-refractivity contribution < 1.29 is 13.3 Å². The number of rotatable bonds is 5. The highest BCUT2D eigenvalue weighted by Gasteiger charge is 2.27. The summed E-state index contributed by atoms with van der Waals surface area (Å²) < 4.78 is 28.2. The van der Waals surface area contributed by atoms with Crippen LogP contribution >= 0.6 is 0 Å². The van der Waals surface area contributed by atoms with E-state index in [1.165, 1.54) is 38.4 Å². The molecule has 0 aliphatic heterocycles. The van der Waals surface area contributed by atoms with E-state index in [2.05, 4.69) is 281 Å². The summed E-state index contributed by atoms with van der Waals surface area (Å²) in [5.74, 6) is 0. The van der Waals surface area contributed by atoms with E-state index >= 15 is 0 Å². The van der Waals surface area contributed by atoms with Gasteiger partial charge in [-0.15, -0.1) is 0 Å². The van der Waals surface area contributed by atoms with E-state index < -0.39 is 0 Å². The van der Waals surface area contributed by atoms with Gasteiger partial charge in [0.05, 0.1) is 54.9 Å². The second-order valence-corrected chi connectivity index (χ2v) is 23.8. The molecule has 0 atom stereocenters. The Hall–Kier alpha value is -11.9. The minimum Gasteiger partial charge on any atom is -0.455 e. The molecule has 0 radical (unpaired) electrons. The molecule has 88 heavy (non-hydrogen) atoms. The van der Waals surface area contributed by atoms with Crippen LogP contribution in [0.1, 0.15) is 0 Å². The van der Waals surface area contributed by atoms with Crippen LogP contribution in [-0.2, 0) is 0 Å². The van der Waals surface area contributed by atoms with Crippen LogP contribution in [0.25, 0.3) is 204 Å². The number of fused-ring (bicyclic) bond motifs is 24. The van der Waals surface area contributed by atoms with Crippen LogP contribution in [0.15, 0.2) is 286 Å². The lowest BCUT2D eigenvalue weighted by Crippen LogP contribution is -1.96. The molecule has 6 heterocycles. The number of nitrogens with zero attached hydrogens (tertiary/aromatic N) is 3. The second kappa shape index (κ2) is 16.9. The molecule has 0 saturated heterocycles. The molecule has 0 spiro atoms. The SMILES string of the molecule is c1cc(-c2cccc(-n3c4ccccc4c4c5oc6ccc(-c7cccc8c7oc7c8ccc8c7c7ccccc7n8-c7ccc8c9c(cccc79)-c7ccccc7-8)cc6c5ccc43)c2)cc(-n2c3ccccc3c3c4oc5ccccc5c4ccc32)c1. The fourth-order valence-electron chi connectivity index (χ4n) is 15.7. The highest BCUT2D eigenvalue weighted by atomic mass is 16.3. The molecule has 14 aromatic carbocycles. The zero-order chi connectivity index (χ0) is 57.0. The van der Waals surface area contributed by atoms with E-state index in [1.54, 1.807) is 0 Å². The van der Waals surface area contributed by atoms with Crippen LogP contribution in [0, 0.1) is 0 Å². The molecule has 0 amide bonds. The number of benzene rings is 14. The van der Waals surface area contributed by atoms with Crippen molar-refractivity contribution in [3.8, 4) is 61.6 Å². The summed E-state index contributed by atoms with van der Waals surface area (Å²) in [5.41, 5.74) is 24.9. The first-order valence-corrected chi connectivity index (χ1v) is 30.1. The van der Waals surface area contributed by atoms with Crippen LogP contribution in [0.4, 0.5) is 0 Å². The number of para-hydroxylation sites is 5. The van der Waals surface area contributed by atoms with Crippen molar-refractivity contribution in [2.75, 3.05) is 0 Å². The van der Waals surface area contributed by atoms with Crippen molar-refractivity contribution in [2.45, 2.75) is 0 Å². The highest BCUT2D eigenvalue weighted by Crippen LogP contribution is 2.51. The van der Waals surface area contributed by atoms with Crippen LogP contribution < -0.4 is 0 Å². The Labute approximate surface area is 500 Å². The molecule has 0 saturated carbocycles. The van der Waals surface area contributed by atoms with Crippen molar-refractivity contribution in [3.63, 3.8) is 0 Å². The second-order valence-electron chi connectivity index (χ2n) is 23.8.